The summed E-state index contributed by atoms with van der Waals surface area (Å²) in [5.41, 5.74) is -4.12. The second-order valence-corrected chi connectivity index (χ2v) is 10.4. The molecule has 6 nitrogen and oxygen atoms in total. The van der Waals surface area contributed by atoms with Crippen LogP contribution in [0.5, 0.6) is 0 Å². The Labute approximate surface area is 236 Å². The molecule has 3 aromatic rings. The molecule has 3 N–H and O–H groups in total. The van der Waals surface area contributed by atoms with Crippen LogP contribution >= 0.6 is 23.2 Å². The molecular formula is C26H16Cl2F7N3O3. The summed E-state index contributed by atoms with van der Waals surface area (Å²) < 4.78 is 94.5. The third-order valence-corrected chi connectivity index (χ3v) is 7.05. The summed E-state index contributed by atoms with van der Waals surface area (Å²) in [6.07, 6.45) is -5.02. The normalized spacial score (nSPS) is 17.5. The molecule has 41 heavy (non-hydrogen) atoms. The van der Waals surface area contributed by atoms with Crippen molar-refractivity contribution in [3.05, 3.63) is 88.5 Å². The maximum Gasteiger partial charge on any atom is 0.419 e. The van der Waals surface area contributed by atoms with Gasteiger partial charge in [-0.15, -0.1) is 23.2 Å². The number of halogens is 9. The van der Waals surface area contributed by atoms with Crippen LogP contribution in [0.1, 0.15) is 34.3 Å². The van der Waals surface area contributed by atoms with Crippen LogP contribution in [0.15, 0.2) is 48.5 Å². The first-order chi connectivity index (χ1) is 19.0. The summed E-state index contributed by atoms with van der Waals surface area (Å²) in [7, 11) is 0. The maximum absolute atomic E-state index is 14.7. The second kappa shape index (κ2) is 10.9. The zero-order valence-electron chi connectivity index (χ0n) is 20.4. The van der Waals surface area contributed by atoms with E-state index in [0.29, 0.717) is 12.1 Å². The van der Waals surface area contributed by atoms with E-state index in [1.165, 1.54) is 0 Å². The van der Waals surface area contributed by atoms with Gasteiger partial charge in [0.05, 0.1) is 22.7 Å². The van der Waals surface area contributed by atoms with Gasteiger partial charge >= 0.3 is 6.18 Å². The minimum absolute atomic E-state index is 0.159. The van der Waals surface area contributed by atoms with Crippen LogP contribution in [0.4, 0.5) is 47.8 Å². The summed E-state index contributed by atoms with van der Waals surface area (Å²) in [5, 5.41) is 6.28. The minimum atomic E-state index is -5.02. The lowest BCUT2D eigenvalue weighted by Gasteiger charge is -2.13. The van der Waals surface area contributed by atoms with Gasteiger partial charge in [0.2, 0.25) is 11.8 Å². The number of alkyl halides is 5. The van der Waals surface area contributed by atoms with E-state index >= 15 is 0 Å². The molecule has 2 atom stereocenters. The van der Waals surface area contributed by atoms with Gasteiger partial charge < -0.3 is 16.0 Å². The van der Waals surface area contributed by atoms with Crippen LogP contribution in [-0.4, -0.2) is 22.1 Å². The van der Waals surface area contributed by atoms with Gasteiger partial charge in [-0.3, -0.25) is 14.4 Å². The molecule has 1 fully saturated rings. The molecule has 0 heterocycles. The fraction of sp³-hybridized carbons (Fsp3) is 0.192. The summed E-state index contributed by atoms with van der Waals surface area (Å²) in [5.74, 6) is -10.7. The SMILES string of the molecule is CC(=O)Nc1ccc(F)c(NC(=O)c2cc(NC(=O)[C@H]3[C@H](c4ccc(F)c(C(F)(F)F)c4)C3(Cl)Cl)ccc2F)c1F. The van der Waals surface area contributed by atoms with Crippen LogP contribution in [0.3, 0.4) is 0 Å². The van der Waals surface area contributed by atoms with E-state index in [1.54, 1.807) is 0 Å². The van der Waals surface area contributed by atoms with Crippen LogP contribution in [-0.2, 0) is 15.8 Å². The predicted molar refractivity (Wildman–Crippen MR) is 136 cm³/mol. The molecule has 1 saturated carbocycles. The summed E-state index contributed by atoms with van der Waals surface area (Å²) in [6, 6.07) is 6.35. The van der Waals surface area contributed by atoms with Gasteiger partial charge in [0, 0.05) is 18.5 Å². The van der Waals surface area contributed by atoms with Crippen LogP contribution < -0.4 is 16.0 Å². The third kappa shape index (κ3) is 6.10. The lowest BCUT2D eigenvalue weighted by atomic mass is 10.0. The molecule has 0 radical (unpaired) electrons. The van der Waals surface area contributed by atoms with Gasteiger partial charge in [0.15, 0.2) is 5.82 Å². The van der Waals surface area contributed by atoms with E-state index in [0.717, 1.165) is 43.3 Å². The average molecular weight is 622 g/mol. The van der Waals surface area contributed by atoms with Crippen LogP contribution in [0.2, 0.25) is 0 Å². The van der Waals surface area contributed by atoms with Gasteiger partial charge in [-0.1, -0.05) is 6.07 Å². The van der Waals surface area contributed by atoms with E-state index in [9.17, 15) is 45.1 Å². The van der Waals surface area contributed by atoms with E-state index in [4.69, 9.17) is 23.2 Å². The first-order valence-electron chi connectivity index (χ1n) is 11.4. The lowest BCUT2D eigenvalue weighted by Crippen LogP contribution is -2.20. The van der Waals surface area contributed by atoms with Gasteiger partial charge in [0.25, 0.3) is 5.91 Å². The molecule has 0 aromatic heterocycles. The van der Waals surface area contributed by atoms with Crippen molar-refractivity contribution in [3.8, 4) is 0 Å². The first-order valence-corrected chi connectivity index (χ1v) is 12.2. The second-order valence-electron chi connectivity index (χ2n) is 8.97. The highest BCUT2D eigenvalue weighted by Gasteiger charge is 2.67. The Morgan fingerprint density at radius 2 is 1.46 bits per heavy atom. The Morgan fingerprint density at radius 3 is 2.10 bits per heavy atom. The molecule has 0 aliphatic heterocycles. The fourth-order valence-corrected chi connectivity index (χ4v) is 4.98. The van der Waals surface area contributed by atoms with Gasteiger partial charge in [0.1, 0.15) is 27.5 Å². The number of carbonyl (C=O) groups excluding carboxylic acids is 3. The molecular weight excluding hydrogens is 606 g/mol. The predicted octanol–water partition coefficient (Wildman–Crippen LogP) is 7.00. The Hall–Kier alpha value is -3.84. The maximum atomic E-state index is 14.7. The monoisotopic (exact) mass is 621 g/mol. The molecule has 216 valence electrons. The molecule has 4 rings (SSSR count). The summed E-state index contributed by atoms with van der Waals surface area (Å²) in [4.78, 5) is 36.8. The van der Waals surface area contributed by atoms with Crippen molar-refractivity contribution in [1.82, 2.24) is 0 Å². The number of amides is 3. The highest BCUT2D eigenvalue weighted by Crippen LogP contribution is 2.65. The van der Waals surface area contributed by atoms with Gasteiger partial charge in [-0.05, 0) is 48.0 Å². The lowest BCUT2D eigenvalue weighted by molar-refractivity contribution is -0.140. The number of nitrogens with one attached hydrogen (secondary N) is 3. The Kier molecular flexibility index (Phi) is 7.98. The van der Waals surface area contributed by atoms with Crippen molar-refractivity contribution in [1.29, 1.82) is 0 Å². The largest absolute Gasteiger partial charge is 0.419 e. The molecule has 0 saturated heterocycles. The highest BCUT2D eigenvalue weighted by atomic mass is 35.5. The third-order valence-electron chi connectivity index (χ3n) is 6.11. The Morgan fingerprint density at radius 1 is 0.829 bits per heavy atom. The average Bonchev–Trinajstić information content (AvgIpc) is 3.45. The minimum Gasteiger partial charge on any atom is -0.326 e. The first kappa shape index (κ1) is 30.1. The molecule has 1 aliphatic rings. The van der Waals surface area contributed by atoms with Crippen molar-refractivity contribution in [2.75, 3.05) is 16.0 Å². The van der Waals surface area contributed by atoms with E-state index in [2.05, 4.69) is 10.6 Å². The molecule has 0 bridgehead atoms. The molecule has 0 spiro atoms. The molecule has 3 aromatic carbocycles. The molecule has 3 amide bonds. The summed E-state index contributed by atoms with van der Waals surface area (Å²) in [6.45, 7) is 1.07. The number of hydrogen-bond acceptors (Lipinski definition) is 3. The number of benzene rings is 3. The Bertz CT molecular complexity index is 1580. The van der Waals surface area contributed by atoms with Crippen molar-refractivity contribution in [2.45, 2.75) is 23.4 Å². The van der Waals surface area contributed by atoms with Crippen molar-refractivity contribution in [2.24, 2.45) is 5.92 Å². The zero-order chi connectivity index (χ0) is 30.4. The van der Waals surface area contributed by atoms with Gasteiger partial charge in [-0.25, -0.2) is 17.6 Å². The van der Waals surface area contributed by atoms with Crippen molar-refractivity contribution < 1.29 is 45.1 Å². The van der Waals surface area contributed by atoms with E-state index in [-0.39, 0.29) is 11.3 Å². The zero-order valence-corrected chi connectivity index (χ0v) is 21.9. The Balaban J connectivity index is 1.54. The van der Waals surface area contributed by atoms with E-state index < -0.39 is 85.8 Å². The molecule has 0 unspecified atom stereocenters. The van der Waals surface area contributed by atoms with Crippen molar-refractivity contribution >= 4 is 58.0 Å². The van der Waals surface area contributed by atoms with Crippen molar-refractivity contribution in [3.63, 3.8) is 0 Å². The quantitative estimate of drug-likeness (QED) is 0.205. The smallest absolute Gasteiger partial charge is 0.326 e. The number of hydrogen-bond donors (Lipinski definition) is 3. The standard InChI is InChI=1S/C26H16Cl2F7N3O3/c1-10(39)36-18-7-6-17(31)22(21(18)32)38-23(40)13-9-12(3-5-15(13)29)37-24(41)20-19(25(20,27)28)11-2-4-16(30)14(8-11)26(33,34)35/h2-9,19-20H,1H3,(H,36,39)(H,37,41)(H,38,40)/t19-,20+/m0/s1. The fourth-order valence-electron chi connectivity index (χ4n) is 4.15. The highest BCUT2D eigenvalue weighted by molar-refractivity contribution is 6.53. The molecule has 1 aliphatic carbocycles. The number of carbonyl (C=O) groups is 3. The molecule has 15 heteroatoms. The summed E-state index contributed by atoms with van der Waals surface area (Å²) >= 11 is 12.3. The van der Waals surface area contributed by atoms with E-state index in [1.807, 2.05) is 5.32 Å². The van der Waals surface area contributed by atoms with Crippen LogP contribution in [0.25, 0.3) is 0 Å². The number of anilines is 3. The topological polar surface area (TPSA) is 87.3 Å². The number of rotatable bonds is 6. The van der Waals surface area contributed by atoms with Gasteiger partial charge in [-0.2, -0.15) is 13.2 Å². The van der Waals surface area contributed by atoms with Crippen LogP contribution in [0, 0.1) is 29.2 Å².